The number of allylic oxidation sites excluding steroid dienone is 4. The molecule has 3 aliphatic carbocycles. The molecular formula is C18H18BrNO. The van der Waals surface area contributed by atoms with Crippen LogP contribution in [0.3, 0.4) is 0 Å². The van der Waals surface area contributed by atoms with E-state index in [0.717, 1.165) is 16.6 Å². The van der Waals surface area contributed by atoms with Crippen LogP contribution in [0.2, 0.25) is 0 Å². The summed E-state index contributed by atoms with van der Waals surface area (Å²) >= 11 is 3.55. The summed E-state index contributed by atoms with van der Waals surface area (Å²) in [6.07, 6.45) is 5.69. The van der Waals surface area contributed by atoms with Crippen molar-refractivity contribution in [3.05, 3.63) is 58.2 Å². The monoisotopic (exact) mass is 343 g/mol. The average Bonchev–Trinajstić information content (AvgIpc) is 3.18. The van der Waals surface area contributed by atoms with E-state index in [9.17, 15) is 4.79 Å². The van der Waals surface area contributed by atoms with E-state index in [1.807, 2.05) is 6.07 Å². The molecule has 1 aromatic rings. The van der Waals surface area contributed by atoms with Crippen LogP contribution in [-0.4, -0.2) is 5.78 Å². The third kappa shape index (κ3) is 1.94. The second-order valence-electron chi connectivity index (χ2n) is 6.37. The van der Waals surface area contributed by atoms with Crippen LogP contribution in [0.5, 0.6) is 0 Å². The fourth-order valence-corrected chi connectivity index (χ4v) is 4.86. The van der Waals surface area contributed by atoms with Gasteiger partial charge in [0, 0.05) is 23.6 Å². The lowest BCUT2D eigenvalue weighted by Gasteiger charge is -2.26. The van der Waals surface area contributed by atoms with Crippen molar-refractivity contribution in [3.63, 3.8) is 0 Å². The second kappa shape index (κ2) is 4.84. The van der Waals surface area contributed by atoms with Gasteiger partial charge < -0.3 is 5.32 Å². The lowest BCUT2D eigenvalue weighted by molar-refractivity contribution is -0.119. The maximum Gasteiger partial charge on any atom is 0.175 e. The number of carbonyl (C=O) groups excluding carboxylic acids is 1. The van der Waals surface area contributed by atoms with Crippen LogP contribution in [0.15, 0.2) is 52.7 Å². The molecule has 0 aliphatic heterocycles. The van der Waals surface area contributed by atoms with Crippen LogP contribution >= 0.6 is 15.9 Å². The molecule has 3 heteroatoms. The Morgan fingerprint density at radius 1 is 1.14 bits per heavy atom. The summed E-state index contributed by atoms with van der Waals surface area (Å²) in [5, 5.41) is 3.61. The molecule has 4 rings (SSSR count). The van der Waals surface area contributed by atoms with Gasteiger partial charge in [0.25, 0.3) is 0 Å². The Balaban J connectivity index is 1.62. The molecule has 0 spiro atoms. The number of carbonyl (C=O) groups is 1. The highest BCUT2D eigenvalue weighted by molar-refractivity contribution is 9.12. The maximum atomic E-state index is 12.5. The number of ketones is 1. The maximum absolute atomic E-state index is 12.5. The van der Waals surface area contributed by atoms with Crippen LogP contribution in [-0.2, 0) is 4.79 Å². The zero-order valence-electron chi connectivity index (χ0n) is 11.9. The molecule has 0 saturated heterocycles. The molecule has 21 heavy (non-hydrogen) atoms. The van der Waals surface area contributed by atoms with Crippen LogP contribution < -0.4 is 5.32 Å². The number of fused-ring (bicyclic) bond motifs is 5. The predicted octanol–water partition coefficient (Wildman–Crippen LogP) is 3.96. The number of rotatable bonds is 3. The molecule has 0 heterocycles. The zero-order valence-corrected chi connectivity index (χ0v) is 13.5. The van der Waals surface area contributed by atoms with Gasteiger partial charge in [-0.05, 0) is 46.7 Å². The summed E-state index contributed by atoms with van der Waals surface area (Å²) in [5.41, 5.74) is 2.37. The molecule has 5 unspecified atom stereocenters. The Morgan fingerprint density at radius 3 is 2.52 bits per heavy atom. The van der Waals surface area contributed by atoms with Crippen LogP contribution in [0.4, 0.5) is 0 Å². The van der Waals surface area contributed by atoms with Crippen LogP contribution in [0.1, 0.15) is 24.9 Å². The SMILES string of the molecule is CC(NC1=C(Br)C(=O)C2C3C=CC(C3)C12)c1ccccc1. The van der Waals surface area contributed by atoms with Crippen LogP contribution in [0, 0.1) is 23.7 Å². The zero-order chi connectivity index (χ0) is 14.6. The summed E-state index contributed by atoms with van der Waals surface area (Å²) in [7, 11) is 0. The molecule has 1 N–H and O–H groups in total. The van der Waals surface area contributed by atoms with E-state index in [2.05, 4.69) is 64.6 Å². The van der Waals surface area contributed by atoms with Gasteiger partial charge in [0.1, 0.15) is 0 Å². The van der Waals surface area contributed by atoms with Gasteiger partial charge in [0.05, 0.1) is 4.48 Å². The minimum atomic E-state index is 0.167. The first-order valence-electron chi connectivity index (χ1n) is 7.60. The Bertz CT molecular complexity index is 648. The van der Waals surface area contributed by atoms with Crippen molar-refractivity contribution >= 4 is 21.7 Å². The Hall–Kier alpha value is -1.35. The van der Waals surface area contributed by atoms with Gasteiger partial charge in [-0.25, -0.2) is 0 Å². The van der Waals surface area contributed by atoms with Crippen molar-refractivity contribution in [3.8, 4) is 0 Å². The fraction of sp³-hybridized carbons (Fsp3) is 0.389. The Kier molecular flexibility index (Phi) is 3.07. The molecule has 2 bridgehead atoms. The molecule has 3 aliphatic rings. The van der Waals surface area contributed by atoms with E-state index in [4.69, 9.17) is 0 Å². The molecule has 5 atom stereocenters. The molecule has 2 nitrogen and oxygen atoms in total. The molecule has 0 amide bonds. The quantitative estimate of drug-likeness (QED) is 0.841. The van der Waals surface area contributed by atoms with Crippen molar-refractivity contribution < 1.29 is 4.79 Å². The van der Waals surface area contributed by atoms with Gasteiger partial charge in [-0.15, -0.1) is 0 Å². The Labute approximate surface area is 133 Å². The van der Waals surface area contributed by atoms with E-state index in [1.165, 1.54) is 5.56 Å². The molecule has 1 fully saturated rings. The van der Waals surface area contributed by atoms with Gasteiger partial charge in [0.2, 0.25) is 0 Å². The second-order valence-corrected chi connectivity index (χ2v) is 7.16. The normalized spacial score (nSPS) is 34.5. The first-order valence-corrected chi connectivity index (χ1v) is 8.40. The number of hydrogen-bond donors (Lipinski definition) is 1. The third-order valence-corrected chi connectivity index (χ3v) is 6.04. The summed E-state index contributed by atoms with van der Waals surface area (Å²) in [6.45, 7) is 2.16. The van der Waals surface area contributed by atoms with Gasteiger partial charge >= 0.3 is 0 Å². The molecule has 108 valence electrons. The van der Waals surface area contributed by atoms with Crippen molar-refractivity contribution in [1.29, 1.82) is 0 Å². The molecule has 1 aromatic carbocycles. The summed E-state index contributed by atoms with van der Waals surface area (Å²) in [6, 6.07) is 10.6. The highest BCUT2D eigenvalue weighted by atomic mass is 79.9. The highest BCUT2D eigenvalue weighted by Gasteiger charge is 2.54. The van der Waals surface area contributed by atoms with Gasteiger partial charge in [-0.2, -0.15) is 0 Å². The summed E-state index contributed by atoms with van der Waals surface area (Å²) < 4.78 is 0.777. The highest BCUT2D eigenvalue weighted by Crippen LogP contribution is 2.56. The van der Waals surface area contributed by atoms with E-state index in [0.29, 0.717) is 23.5 Å². The van der Waals surface area contributed by atoms with E-state index >= 15 is 0 Å². The molecular weight excluding hydrogens is 326 g/mol. The number of halogens is 1. The van der Waals surface area contributed by atoms with E-state index in [1.54, 1.807) is 0 Å². The van der Waals surface area contributed by atoms with Crippen molar-refractivity contribution in [2.75, 3.05) is 0 Å². The first kappa shape index (κ1) is 13.3. The standard InChI is InChI=1S/C18H18BrNO/c1-10(11-5-3-2-4-6-11)20-17-14-12-7-8-13(9-12)15(14)18(21)16(17)19/h2-8,10,12-15,20H,9H2,1H3. The summed E-state index contributed by atoms with van der Waals surface area (Å²) in [5.74, 6) is 1.79. The minimum Gasteiger partial charge on any atom is -0.381 e. The largest absolute Gasteiger partial charge is 0.381 e. The van der Waals surface area contributed by atoms with Crippen molar-refractivity contribution in [2.24, 2.45) is 23.7 Å². The molecule has 0 radical (unpaired) electrons. The topological polar surface area (TPSA) is 29.1 Å². The summed E-state index contributed by atoms with van der Waals surface area (Å²) in [4.78, 5) is 12.5. The third-order valence-electron chi connectivity index (χ3n) is 5.22. The number of Topliss-reactive ketones (excluding diaryl/α,β-unsaturated/α-hetero) is 1. The van der Waals surface area contributed by atoms with Gasteiger partial charge in [-0.3, -0.25) is 4.79 Å². The fourth-order valence-electron chi connectivity index (χ4n) is 4.22. The number of nitrogens with one attached hydrogen (secondary N) is 1. The lowest BCUT2D eigenvalue weighted by atomic mass is 9.83. The first-order chi connectivity index (χ1) is 10.2. The van der Waals surface area contributed by atoms with Gasteiger partial charge in [-0.1, -0.05) is 42.5 Å². The Morgan fingerprint density at radius 2 is 1.81 bits per heavy atom. The van der Waals surface area contributed by atoms with E-state index < -0.39 is 0 Å². The molecule has 1 saturated carbocycles. The number of benzene rings is 1. The van der Waals surface area contributed by atoms with Crippen molar-refractivity contribution in [2.45, 2.75) is 19.4 Å². The smallest absolute Gasteiger partial charge is 0.175 e. The van der Waals surface area contributed by atoms with Gasteiger partial charge in [0.15, 0.2) is 5.78 Å². The van der Waals surface area contributed by atoms with Crippen LogP contribution in [0.25, 0.3) is 0 Å². The van der Waals surface area contributed by atoms with Crippen molar-refractivity contribution in [1.82, 2.24) is 5.32 Å². The average molecular weight is 344 g/mol. The van der Waals surface area contributed by atoms with E-state index in [-0.39, 0.29) is 12.0 Å². The lowest BCUT2D eigenvalue weighted by Crippen LogP contribution is -2.27. The number of hydrogen-bond acceptors (Lipinski definition) is 2. The molecule has 0 aromatic heterocycles. The predicted molar refractivity (Wildman–Crippen MR) is 86.7 cm³/mol. The minimum absolute atomic E-state index is 0.167.